The lowest BCUT2D eigenvalue weighted by atomic mass is 10.3. The number of nitrogens with zero attached hydrogens (tertiary/aromatic N) is 3. The standard InChI is InChI=1S/C10H16N4/c1-14(5-4-11)10-6-9(8-2-3-8)12-7-13-10/h6-8H,2-5,11H2,1H3. The van der Waals surface area contributed by atoms with Crippen molar-refractivity contribution in [3.05, 3.63) is 18.1 Å². The lowest BCUT2D eigenvalue weighted by Gasteiger charge is -2.16. The quantitative estimate of drug-likeness (QED) is 0.764. The fraction of sp³-hybridized carbons (Fsp3) is 0.600. The van der Waals surface area contributed by atoms with Crippen molar-refractivity contribution in [2.75, 3.05) is 25.0 Å². The van der Waals surface area contributed by atoms with Crippen LogP contribution in [0.15, 0.2) is 12.4 Å². The van der Waals surface area contributed by atoms with Crippen molar-refractivity contribution in [2.24, 2.45) is 5.73 Å². The Labute approximate surface area is 84.2 Å². The van der Waals surface area contributed by atoms with E-state index >= 15 is 0 Å². The van der Waals surface area contributed by atoms with E-state index in [0.29, 0.717) is 12.5 Å². The van der Waals surface area contributed by atoms with Gasteiger partial charge in [0.1, 0.15) is 12.1 Å². The third-order valence-electron chi connectivity index (χ3n) is 2.53. The molecule has 2 N–H and O–H groups in total. The van der Waals surface area contributed by atoms with Crippen molar-refractivity contribution in [1.29, 1.82) is 0 Å². The molecule has 1 saturated carbocycles. The Bertz CT molecular complexity index is 309. The summed E-state index contributed by atoms with van der Waals surface area (Å²) in [4.78, 5) is 10.6. The second-order valence-electron chi connectivity index (χ2n) is 3.79. The SMILES string of the molecule is CN(CCN)c1cc(C2CC2)ncn1. The third-order valence-corrected chi connectivity index (χ3v) is 2.53. The highest BCUT2D eigenvalue weighted by atomic mass is 15.2. The maximum Gasteiger partial charge on any atom is 0.131 e. The summed E-state index contributed by atoms with van der Waals surface area (Å²) in [7, 11) is 2.01. The maximum atomic E-state index is 5.49. The van der Waals surface area contributed by atoms with Crippen LogP contribution in [-0.2, 0) is 0 Å². The van der Waals surface area contributed by atoms with Gasteiger partial charge in [0.15, 0.2) is 0 Å². The second kappa shape index (κ2) is 3.92. The first-order chi connectivity index (χ1) is 6.81. The Morgan fingerprint density at radius 1 is 1.50 bits per heavy atom. The molecule has 1 aromatic rings. The summed E-state index contributed by atoms with van der Waals surface area (Å²) in [6.07, 6.45) is 4.20. The van der Waals surface area contributed by atoms with Crippen molar-refractivity contribution >= 4 is 5.82 Å². The smallest absolute Gasteiger partial charge is 0.131 e. The van der Waals surface area contributed by atoms with E-state index in [4.69, 9.17) is 5.73 Å². The third kappa shape index (κ3) is 2.01. The van der Waals surface area contributed by atoms with E-state index < -0.39 is 0 Å². The highest BCUT2D eigenvalue weighted by molar-refractivity contribution is 5.39. The van der Waals surface area contributed by atoms with Crippen molar-refractivity contribution in [1.82, 2.24) is 9.97 Å². The minimum atomic E-state index is 0.652. The first kappa shape index (κ1) is 9.40. The number of hydrogen-bond donors (Lipinski definition) is 1. The molecule has 0 spiro atoms. The second-order valence-corrected chi connectivity index (χ2v) is 3.79. The fourth-order valence-corrected chi connectivity index (χ4v) is 1.48. The molecule has 14 heavy (non-hydrogen) atoms. The van der Waals surface area contributed by atoms with Crippen molar-refractivity contribution in [3.8, 4) is 0 Å². The molecule has 76 valence electrons. The van der Waals surface area contributed by atoms with E-state index in [0.717, 1.165) is 12.4 Å². The van der Waals surface area contributed by atoms with Crippen LogP contribution in [0.1, 0.15) is 24.5 Å². The molecule has 1 fully saturated rings. The maximum absolute atomic E-state index is 5.49. The molecule has 0 unspecified atom stereocenters. The van der Waals surface area contributed by atoms with Crippen LogP contribution in [0.2, 0.25) is 0 Å². The summed E-state index contributed by atoms with van der Waals surface area (Å²) in [6, 6.07) is 2.08. The van der Waals surface area contributed by atoms with Crippen LogP contribution in [0.5, 0.6) is 0 Å². The van der Waals surface area contributed by atoms with Gasteiger partial charge in [0, 0.05) is 37.8 Å². The summed E-state index contributed by atoms with van der Waals surface area (Å²) in [6.45, 7) is 1.49. The van der Waals surface area contributed by atoms with Crippen LogP contribution in [0, 0.1) is 0 Å². The highest BCUT2D eigenvalue weighted by Gasteiger charge is 2.25. The van der Waals surface area contributed by atoms with Crippen LogP contribution in [0.4, 0.5) is 5.82 Å². The molecule has 1 aromatic heterocycles. The number of likely N-dealkylation sites (N-methyl/N-ethyl adjacent to an activating group) is 1. The average Bonchev–Trinajstić information content (AvgIpc) is 3.02. The Kier molecular flexibility index (Phi) is 2.63. The number of nitrogens with two attached hydrogens (primary N) is 1. The highest BCUT2D eigenvalue weighted by Crippen LogP contribution is 2.39. The van der Waals surface area contributed by atoms with Crippen LogP contribution in [0.3, 0.4) is 0 Å². The zero-order chi connectivity index (χ0) is 9.97. The normalized spacial score (nSPS) is 15.6. The van der Waals surface area contributed by atoms with Gasteiger partial charge in [-0.3, -0.25) is 0 Å². The number of hydrogen-bond acceptors (Lipinski definition) is 4. The van der Waals surface area contributed by atoms with Crippen molar-refractivity contribution in [2.45, 2.75) is 18.8 Å². The molecular formula is C10H16N4. The van der Waals surface area contributed by atoms with Gasteiger partial charge in [-0.05, 0) is 12.8 Å². The van der Waals surface area contributed by atoms with Crippen molar-refractivity contribution < 1.29 is 0 Å². The molecular weight excluding hydrogens is 176 g/mol. The van der Waals surface area contributed by atoms with Gasteiger partial charge in [-0.15, -0.1) is 0 Å². The van der Waals surface area contributed by atoms with Gasteiger partial charge in [0.25, 0.3) is 0 Å². The number of rotatable bonds is 4. The molecule has 1 aliphatic rings. The minimum Gasteiger partial charge on any atom is -0.358 e. The molecule has 4 heteroatoms. The monoisotopic (exact) mass is 192 g/mol. The summed E-state index contributed by atoms with van der Waals surface area (Å²) in [5.41, 5.74) is 6.67. The molecule has 0 aliphatic heterocycles. The molecule has 0 saturated heterocycles. The van der Waals surface area contributed by atoms with Gasteiger partial charge >= 0.3 is 0 Å². The summed E-state index contributed by atoms with van der Waals surface area (Å²) in [5, 5.41) is 0. The van der Waals surface area contributed by atoms with E-state index in [1.54, 1.807) is 6.33 Å². The molecule has 2 rings (SSSR count). The zero-order valence-electron chi connectivity index (χ0n) is 8.48. The Morgan fingerprint density at radius 2 is 2.29 bits per heavy atom. The van der Waals surface area contributed by atoms with Gasteiger partial charge in [-0.1, -0.05) is 0 Å². The molecule has 0 bridgehead atoms. The minimum absolute atomic E-state index is 0.652. The Balaban J connectivity index is 2.12. The summed E-state index contributed by atoms with van der Waals surface area (Å²) < 4.78 is 0. The summed E-state index contributed by atoms with van der Waals surface area (Å²) >= 11 is 0. The molecule has 0 radical (unpaired) electrons. The van der Waals surface area contributed by atoms with Crippen LogP contribution >= 0.6 is 0 Å². The van der Waals surface area contributed by atoms with E-state index in [9.17, 15) is 0 Å². The lowest BCUT2D eigenvalue weighted by Crippen LogP contribution is -2.25. The molecule has 1 heterocycles. The predicted octanol–water partition coefficient (Wildman–Crippen LogP) is 0.749. The molecule has 0 aromatic carbocycles. The van der Waals surface area contributed by atoms with E-state index in [1.165, 1.54) is 18.5 Å². The molecule has 0 atom stereocenters. The first-order valence-corrected chi connectivity index (χ1v) is 5.04. The fourth-order valence-electron chi connectivity index (χ4n) is 1.48. The van der Waals surface area contributed by atoms with Gasteiger partial charge in [0.2, 0.25) is 0 Å². The Hall–Kier alpha value is -1.16. The van der Waals surface area contributed by atoms with Crippen LogP contribution in [0.25, 0.3) is 0 Å². The number of aromatic nitrogens is 2. The Morgan fingerprint density at radius 3 is 2.93 bits per heavy atom. The van der Waals surface area contributed by atoms with Gasteiger partial charge < -0.3 is 10.6 Å². The summed E-state index contributed by atoms with van der Waals surface area (Å²) in [5.74, 6) is 1.66. The van der Waals surface area contributed by atoms with E-state index in [1.807, 2.05) is 7.05 Å². The predicted molar refractivity (Wildman–Crippen MR) is 56.3 cm³/mol. The van der Waals surface area contributed by atoms with Crippen molar-refractivity contribution in [3.63, 3.8) is 0 Å². The first-order valence-electron chi connectivity index (χ1n) is 5.04. The molecule has 4 nitrogen and oxygen atoms in total. The zero-order valence-corrected chi connectivity index (χ0v) is 8.48. The number of anilines is 1. The topological polar surface area (TPSA) is 55.0 Å². The van der Waals surface area contributed by atoms with Gasteiger partial charge in [0.05, 0.1) is 0 Å². The molecule has 0 amide bonds. The largest absolute Gasteiger partial charge is 0.358 e. The van der Waals surface area contributed by atoms with E-state index in [2.05, 4.69) is 20.9 Å². The molecule has 1 aliphatic carbocycles. The van der Waals surface area contributed by atoms with E-state index in [-0.39, 0.29) is 0 Å². The lowest BCUT2D eigenvalue weighted by molar-refractivity contribution is 0.855. The van der Waals surface area contributed by atoms with Crippen LogP contribution in [-0.4, -0.2) is 30.1 Å². The van der Waals surface area contributed by atoms with Crippen LogP contribution < -0.4 is 10.6 Å². The van der Waals surface area contributed by atoms with Gasteiger partial charge in [-0.2, -0.15) is 0 Å². The van der Waals surface area contributed by atoms with Gasteiger partial charge in [-0.25, -0.2) is 9.97 Å². The average molecular weight is 192 g/mol.